The van der Waals surface area contributed by atoms with Crippen molar-refractivity contribution in [1.29, 1.82) is 0 Å². The first kappa shape index (κ1) is 15.5. The second kappa shape index (κ2) is 6.91. The van der Waals surface area contributed by atoms with Gasteiger partial charge in [-0.1, -0.05) is 50.1 Å². The molecule has 0 heterocycles. The molecule has 2 nitrogen and oxygen atoms in total. The summed E-state index contributed by atoms with van der Waals surface area (Å²) in [5.74, 6) is -0.734. The molecule has 1 aromatic rings. The molecule has 1 aromatic carbocycles. The molecular formula is C13H20MgO2. The second-order valence-electron chi connectivity index (χ2n) is 4.11. The van der Waals surface area contributed by atoms with Gasteiger partial charge in [0, 0.05) is 0 Å². The number of carboxylic acids is 1. The maximum atomic E-state index is 11.3. The van der Waals surface area contributed by atoms with Crippen LogP contribution in [0.1, 0.15) is 41.5 Å². The van der Waals surface area contributed by atoms with Crippen LogP contribution in [0.15, 0.2) is 30.3 Å². The minimum absolute atomic E-state index is 0. The van der Waals surface area contributed by atoms with Crippen molar-refractivity contribution in [2.75, 3.05) is 0 Å². The van der Waals surface area contributed by atoms with Gasteiger partial charge < -0.3 is 7.96 Å². The Kier molecular flexibility index (Phi) is 6.68. The molecule has 1 N–H and O–H groups in total. The van der Waals surface area contributed by atoms with Crippen LogP contribution >= 0.6 is 0 Å². The largest absolute Gasteiger partial charge is 2.00 e. The third-order valence-electron chi connectivity index (χ3n) is 2.91. The normalized spacial score (nSPS) is 13.6. The molecule has 0 aromatic heterocycles. The average molecular weight is 233 g/mol. The molecule has 16 heavy (non-hydrogen) atoms. The molecule has 3 heteroatoms. The zero-order chi connectivity index (χ0) is 11.3. The summed E-state index contributed by atoms with van der Waals surface area (Å²) >= 11 is 0. The average Bonchev–Trinajstić information content (AvgIpc) is 2.27. The molecule has 1 unspecified atom stereocenters. The van der Waals surface area contributed by atoms with Gasteiger partial charge in [-0.15, -0.1) is 0 Å². The van der Waals surface area contributed by atoms with Crippen molar-refractivity contribution in [3.63, 3.8) is 0 Å². The first-order valence-corrected chi connectivity index (χ1v) is 5.40. The van der Waals surface area contributed by atoms with Crippen molar-refractivity contribution in [2.24, 2.45) is 0 Å². The van der Waals surface area contributed by atoms with E-state index in [2.05, 4.69) is 6.92 Å². The van der Waals surface area contributed by atoms with Gasteiger partial charge in [-0.2, -0.15) is 0 Å². The Morgan fingerprint density at radius 1 is 1.38 bits per heavy atom. The van der Waals surface area contributed by atoms with E-state index >= 15 is 0 Å². The van der Waals surface area contributed by atoms with Crippen molar-refractivity contribution >= 4 is 29.0 Å². The Balaban J connectivity index is -0.000000750. The van der Waals surface area contributed by atoms with E-state index in [1.54, 1.807) is 6.92 Å². The van der Waals surface area contributed by atoms with E-state index in [4.69, 9.17) is 0 Å². The predicted octanol–water partition coefficient (Wildman–Crippen LogP) is 3.06. The fourth-order valence-corrected chi connectivity index (χ4v) is 1.71. The molecule has 86 valence electrons. The van der Waals surface area contributed by atoms with Crippen molar-refractivity contribution in [1.82, 2.24) is 0 Å². The van der Waals surface area contributed by atoms with Gasteiger partial charge in [0.1, 0.15) is 0 Å². The molecule has 0 aliphatic carbocycles. The summed E-state index contributed by atoms with van der Waals surface area (Å²) in [7, 11) is 0. The number of carbonyl (C=O) groups is 1. The molecule has 0 bridgehead atoms. The number of rotatable bonds is 5. The molecule has 1 atom stereocenters. The first-order chi connectivity index (χ1) is 7.11. The Bertz CT molecular complexity index is 333. The van der Waals surface area contributed by atoms with Gasteiger partial charge in [0.15, 0.2) is 0 Å². The summed E-state index contributed by atoms with van der Waals surface area (Å²) in [6.07, 6.45) is 2.66. The summed E-state index contributed by atoms with van der Waals surface area (Å²) in [4.78, 5) is 11.3. The van der Waals surface area contributed by atoms with E-state index in [1.807, 2.05) is 30.3 Å². The Hall–Kier alpha value is -0.544. The molecule has 0 radical (unpaired) electrons. The second-order valence-corrected chi connectivity index (χ2v) is 4.11. The fourth-order valence-electron chi connectivity index (χ4n) is 1.71. The zero-order valence-electron chi connectivity index (χ0n) is 12.1. The SMILES string of the molecule is CCCCC(C)(C(=O)O)c1ccccc1.[H-].[H-].[Mg+2]. The fraction of sp³-hybridized carbons (Fsp3) is 0.462. The Labute approximate surface area is 116 Å². The third kappa shape index (κ3) is 3.49. The number of hydrogen-bond donors (Lipinski definition) is 1. The standard InChI is InChI=1S/C13H18O2.Mg.2H/c1-3-4-10-13(2,12(14)15)11-8-6-5-7-9-11;;;/h5-9H,3-4,10H2,1-2H3,(H,14,15);;;/q;+2;2*-1. The predicted molar refractivity (Wildman–Crippen MR) is 68.9 cm³/mol. The molecule has 0 saturated heterocycles. The summed E-state index contributed by atoms with van der Waals surface area (Å²) < 4.78 is 0. The van der Waals surface area contributed by atoms with Gasteiger partial charge in [0.05, 0.1) is 5.41 Å². The van der Waals surface area contributed by atoms with Crippen molar-refractivity contribution in [3.05, 3.63) is 35.9 Å². The van der Waals surface area contributed by atoms with Crippen LogP contribution in [-0.4, -0.2) is 34.1 Å². The molecule has 0 amide bonds. The molecule has 0 spiro atoms. The molecule has 0 aliphatic heterocycles. The van der Waals surface area contributed by atoms with Crippen molar-refractivity contribution in [3.8, 4) is 0 Å². The van der Waals surface area contributed by atoms with Crippen LogP contribution in [-0.2, 0) is 10.2 Å². The number of carboxylic acid groups (broad SMARTS) is 1. The van der Waals surface area contributed by atoms with Crippen LogP contribution in [0.25, 0.3) is 0 Å². The smallest absolute Gasteiger partial charge is 1.00 e. The number of hydrogen-bond acceptors (Lipinski definition) is 1. The van der Waals surface area contributed by atoms with E-state index in [0.717, 1.165) is 18.4 Å². The van der Waals surface area contributed by atoms with Crippen LogP contribution in [0.4, 0.5) is 0 Å². The minimum Gasteiger partial charge on any atom is -1.00 e. The Morgan fingerprint density at radius 2 is 1.94 bits per heavy atom. The van der Waals surface area contributed by atoms with Gasteiger partial charge in [-0.25, -0.2) is 0 Å². The molecule has 0 fully saturated rings. The van der Waals surface area contributed by atoms with Crippen LogP contribution in [0.5, 0.6) is 0 Å². The van der Waals surface area contributed by atoms with Crippen molar-refractivity contribution < 1.29 is 12.8 Å². The summed E-state index contributed by atoms with van der Waals surface area (Å²) in [5, 5.41) is 9.31. The van der Waals surface area contributed by atoms with E-state index in [1.165, 1.54) is 0 Å². The molecule has 0 saturated carbocycles. The van der Waals surface area contributed by atoms with E-state index < -0.39 is 11.4 Å². The van der Waals surface area contributed by atoms with Gasteiger partial charge >= 0.3 is 29.0 Å². The summed E-state index contributed by atoms with van der Waals surface area (Å²) in [6.45, 7) is 3.88. The molecular weight excluding hydrogens is 212 g/mol. The molecule has 1 rings (SSSR count). The zero-order valence-corrected chi connectivity index (χ0v) is 11.5. The van der Waals surface area contributed by atoms with Crippen molar-refractivity contribution in [2.45, 2.75) is 38.5 Å². The van der Waals surface area contributed by atoms with E-state index in [9.17, 15) is 9.90 Å². The first-order valence-electron chi connectivity index (χ1n) is 5.40. The minimum atomic E-state index is -0.739. The van der Waals surface area contributed by atoms with Gasteiger partial charge in [0.2, 0.25) is 0 Å². The van der Waals surface area contributed by atoms with Crippen LogP contribution in [0.3, 0.4) is 0 Å². The quantitative estimate of drug-likeness (QED) is 0.793. The molecule has 0 aliphatic rings. The number of benzene rings is 1. The number of unbranched alkanes of at least 4 members (excludes halogenated alkanes) is 1. The summed E-state index contributed by atoms with van der Waals surface area (Å²) in [5.41, 5.74) is 0.156. The van der Waals surface area contributed by atoms with E-state index in [-0.39, 0.29) is 25.9 Å². The summed E-state index contributed by atoms with van der Waals surface area (Å²) in [6, 6.07) is 9.48. The number of aliphatic carboxylic acids is 1. The monoisotopic (exact) mass is 232 g/mol. The van der Waals surface area contributed by atoms with Crippen LogP contribution in [0.2, 0.25) is 0 Å². The maximum Gasteiger partial charge on any atom is 2.00 e. The van der Waals surface area contributed by atoms with Crippen LogP contribution in [0, 0.1) is 0 Å². The van der Waals surface area contributed by atoms with Gasteiger partial charge in [0.25, 0.3) is 0 Å². The van der Waals surface area contributed by atoms with Gasteiger partial charge in [-0.3, -0.25) is 4.79 Å². The van der Waals surface area contributed by atoms with Crippen LogP contribution < -0.4 is 0 Å². The Morgan fingerprint density at radius 3 is 2.38 bits per heavy atom. The third-order valence-corrected chi connectivity index (χ3v) is 2.91. The topological polar surface area (TPSA) is 37.3 Å². The maximum absolute atomic E-state index is 11.3. The van der Waals surface area contributed by atoms with E-state index in [0.29, 0.717) is 6.42 Å². The van der Waals surface area contributed by atoms with Gasteiger partial charge in [-0.05, 0) is 18.9 Å².